The van der Waals surface area contributed by atoms with Crippen molar-refractivity contribution in [3.05, 3.63) is 22.4 Å². The van der Waals surface area contributed by atoms with E-state index >= 15 is 0 Å². The molecule has 90 valence electrons. The van der Waals surface area contributed by atoms with Gasteiger partial charge in [-0.1, -0.05) is 19.9 Å². The van der Waals surface area contributed by atoms with Crippen LogP contribution in [-0.4, -0.2) is 30.6 Å². The molecule has 1 saturated heterocycles. The molecule has 16 heavy (non-hydrogen) atoms. The molecule has 0 spiro atoms. The first kappa shape index (κ1) is 12.1. The van der Waals surface area contributed by atoms with Crippen LogP contribution < -0.4 is 5.32 Å². The van der Waals surface area contributed by atoms with Crippen molar-refractivity contribution in [3.8, 4) is 0 Å². The molecule has 2 rings (SSSR count). The Kier molecular flexibility index (Phi) is 4.00. The minimum Gasteiger partial charge on any atom is -0.312 e. The smallest absolute Gasteiger partial charge is 0.0465 e. The summed E-state index contributed by atoms with van der Waals surface area (Å²) < 4.78 is 0. The van der Waals surface area contributed by atoms with Crippen LogP contribution in [0.5, 0.6) is 0 Å². The molecular weight excluding hydrogens is 216 g/mol. The van der Waals surface area contributed by atoms with Crippen LogP contribution in [0.4, 0.5) is 0 Å². The predicted octanol–water partition coefficient (Wildman–Crippen LogP) is 2.74. The van der Waals surface area contributed by atoms with E-state index in [4.69, 9.17) is 0 Å². The molecule has 2 nitrogen and oxygen atoms in total. The first-order valence-corrected chi connectivity index (χ1v) is 7.07. The van der Waals surface area contributed by atoms with Gasteiger partial charge in [-0.25, -0.2) is 0 Å². The van der Waals surface area contributed by atoms with E-state index in [0.29, 0.717) is 18.0 Å². The summed E-state index contributed by atoms with van der Waals surface area (Å²) >= 11 is 1.89. The number of hydrogen-bond acceptors (Lipinski definition) is 3. The molecule has 0 radical (unpaired) electrons. The Morgan fingerprint density at radius 1 is 1.50 bits per heavy atom. The second kappa shape index (κ2) is 5.30. The summed E-state index contributed by atoms with van der Waals surface area (Å²) in [4.78, 5) is 4.15. The van der Waals surface area contributed by atoms with Crippen molar-refractivity contribution in [3.63, 3.8) is 0 Å². The quantitative estimate of drug-likeness (QED) is 0.871. The van der Waals surface area contributed by atoms with Crippen molar-refractivity contribution in [2.75, 3.05) is 19.6 Å². The zero-order valence-corrected chi connectivity index (χ0v) is 11.3. The molecule has 1 aromatic heterocycles. The highest BCUT2D eigenvalue weighted by molar-refractivity contribution is 7.10. The van der Waals surface area contributed by atoms with E-state index in [1.807, 2.05) is 11.3 Å². The Morgan fingerprint density at radius 2 is 2.31 bits per heavy atom. The highest BCUT2D eigenvalue weighted by Gasteiger charge is 2.27. The van der Waals surface area contributed by atoms with Gasteiger partial charge in [0.15, 0.2) is 0 Å². The molecule has 0 bridgehead atoms. The van der Waals surface area contributed by atoms with E-state index in [-0.39, 0.29) is 0 Å². The fourth-order valence-electron chi connectivity index (χ4n) is 2.60. The van der Waals surface area contributed by atoms with Gasteiger partial charge in [0, 0.05) is 36.6 Å². The van der Waals surface area contributed by atoms with Gasteiger partial charge in [-0.05, 0) is 24.3 Å². The largest absolute Gasteiger partial charge is 0.312 e. The molecule has 0 amide bonds. The zero-order valence-electron chi connectivity index (χ0n) is 10.4. The van der Waals surface area contributed by atoms with E-state index in [1.165, 1.54) is 18.0 Å². The summed E-state index contributed by atoms with van der Waals surface area (Å²) in [6, 6.07) is 5.67. The van der Waals surface area contributed by atoms with Gasteiger partial charge in [-0.3, -0.25) is 4.90 Å². The third kappa shape index (κ3) is 2.65. The van der Waals surface area contributed by atoms with Crippen LogP contribution in [-0.2, 0) is 0 Å². The van der Waals surface area contributed by atoms with Gasteiger partial charge in [0.05, 0.1) is 0 Å². The van der Waals surface area contributed by atoms with E-state index in [9.17, 15) is 0 Å². The molecule has 1 aliphatic heterocycles. The van der Waals surface area contributed by atoms with E-state index in [1.54, 1.807) is 0 Å². The van der Waals surface area contributed by atoms with Crippen LogP contribution in [0, 0.1) is 5.92 Å². The minimum atomic E-state index is 0.601. The van der Waals surface area contributed by atoms with Crippen LogP contribution in [0.3, 0.4) is 0 Å². The second-order valence-corrected chi connectivity index (χ2v) is 6.03. The first-order valence-electron chi connectivity index (χ1n) is 6.19. The molecule has 1 fully saturated rings. The second-order valence-electron chi connectivity index (χ2n) is 5.05. The Labute approximate surface area is 103 Å². The third-order valence-corrected chi connectivity index (χ3v) is 4.20. The Hall–Kier alpha value is -0.380. The lowest BCUT2D eigenvalue weighted by atomic mass is 9.99. The van der Waals surface area contributed by atoms with Gasteiger partial charge in [0.25, 0.3) is 0 Å². The third-order valence-electron chi connectivity index (χ3n) is 3.26. The van der Waals surface area contributed by atoms with Gasteiger partial charge in [0.2, 0.25) is 0 Å². The first-order chi connectivity index (χ1) is 7.68. The number of piperazine rings is 1. The average Bonchev–Trinajstić information content (AvgIpc) is 2.71. The Balaban J connectivity index is 2.13. The van der Waals surface area contributed by atoms with Gasteiger partial charge in [-0.2, -0.15) is 0 Å². The number of nitrogens with one attached hydrogen (secondary N) is 1. The molecule has 1 aromatic rings. The molecule has 1 N–H and O–H groups in total. The summed E-state index contributed by atoms with van der Waals surface area (Å²) in [7, 11) is 0. The highest BCUT2D eigenvalue weighted by Crippen LogP contribution is 2.32. The van der Waals surface area contributed by atoms with E-state index < -0.39 is 0 Å². The highest BCUT2D eigenvalue weighted by atomic mass is 32.1. The monoisotopic (exact) mass is 238 g/mol. The summed E-state index contributed by atoms with van der Waals surface area (Å²) in [6.07, 6.45) is 0. The lowest BCUT2D eigenvalue weighted by molar-refractivity contribution is 0.119. The average molecular weight is 238 g/mol. The van der Waals surface area contributed by atoms with Gasteiger partial charge in [0.1, 0.15) is 0 Å². The fraction of sp³-hybridized carbons (Fsp3) is 0.692. The van der Waals surface area contributed by atoms with Crippen LogP contribution in [0.1, 0.15) is 31.7 Å². The maximum atomic E-state index is 3.51. The summed E-state index contributed by atoms with van der Waals surface area (Å²) in [5, 5.41) is 5.70. The topological polar surface area (TPSA) is 15.3 Å². The van der Waals surface area contributed by atoms with Crippen LogP contribution >= 0.6 is 11.3 Å². The molecule has 0 saturated carbocycles. The Bertz CT molecular complexity index is 308. The van der Waals surface area contributed by atoms with Crippen molar-refractivity contribution in [2.24, 2.45) is 5.92 Å². The predicted molar refractivity (Wildman–Crippen MR) is 70.9 cm³/mol. The maximum absolute atomic E-state index is 3.51. The van der Waals surface area contributed by atoms with Crippen molar-refractivity contribution in [1.82, 2.24) is 10.2 Å². The minimum absolute atomic E-state index is 0.601. The summed E-state index contributed by atoms with van der Waals surface area (Å²) in [5.41, 5.74) is 0. The molecule has 1 aliphatic rings. The molecular formula is C13H22N2S. The van der Waals surface area contributed by atoms with Gasteiger partial charge in [-0.15, -0.1) is 11.3 Å². The van der Waals surface area contributed by atoms with E-state index in [0.717, 1.165) is 6.54 Å². The summed E-state index contributed by atoms with van der Waals surface area (Å²) in [5.74, 6) is 0.684. The lowest BCUT2D eigenvalue weighted by Crippen LogP contribution is -2.51. The Morgan fingerprint density at radius 3 is 2.88 bits per heavy atom. The molecule has 2 heterocycles. The lowest BCUT2D eigenvalue weighted by Gasteiger charge is -2.39. The van der Waals surface area contributed by atoms with Gasteiger partial charge >= 0.3 is 0 Å². The molecule has 0 aliphatic carbocycles. The molecule has 0 aromatic carbocycles. The number of nitrogens with zero attached hydrogens (tertiary/aromatic N) is 1. The standard InChI is InChI=1S/C13H22N2S/c1-10(2)13(12-5-4-8-16-12)15-7-6-14-11(3)9-15/h4-5,8,10-11,13-14H,6-7,9H2,1-3H3. The normalized spacial score (nSPS) is 24.9. The SMILES string of the molecule is CC1CN(C(c2cccs2)C(C)C)CCN1. The van der Waals surface area contributed by atoms with Crippen LogP contribution in [0.15, 0.2) is 17.5 Å². The van der Waals surface area contributed by atoms with Crippen molar-refractivity contribution in [1.29, 1.82) is 0 Å². The van der Waals surface area contributed by atoms with Crippen LogP contribution in [0.2, 0.25) is 0 Å². The number of thiophene rings is 1. The molecule has 2 unspecified atom stereocenters. The van der Waals surface area contributed by atoms with Crippen molar-refractivity contribution < 1.29 is 0 Å². The fourth-order valence-corrected chi connectivity index (χ4v) is 3.64. The molecule has 2 atom stereocenters. The van der Waals surface area contributed by atoms with Crippen LogP contribution in [0.25, 0.3) is 0 Å². The summed E-state index contributed by atoms with van der Waals surface area (Å²) in [6.45, 7) is 10.4. The molecule has 3 heteroatoms. The van der Waals surface area contributed by atoms with Crippen molar-refractivity contribution in [2.45, 2.75) is 32.9 Å². The number of hydrogen-bond donors (Lipinski definition) is 1. The van der Waals surface area contributed by atoms with Crippen molar-refractivity contribution >= 4 is 11.3 Å². The number of rotatable bonds is 3. The van der Waals surface area contributed by atoms with Gasteiger partial charge < -0.3 is 5.32 Å². The zero-order chi connectivity index (χ0) is 11.5. The maximum Gasteiger partial charge on any atom is 0.0465 e. The van der Waals surface area contributed by atoms with E-state index in [2.05, 4.69) is 48.5 Å².